The van der Waals surface area contributed by atoms with Gasteiger partial charge in [-0.1, -0.05) is 0 Å². The SMILES string of the molecule is CN(C)C=C(SCc1cc(C(F)(F)F)ccc1NC(=O)OC(C)(C)C)C(=O)O. The monoisotopic (exact) mass is 420 g/mol. The highest BCUT2D eigenvalue weighted by atomic mass is 32.2. The number of halogens is 3. The molecule has 0 heterocycles. The third-order valence-corrected chi connectivity index (χ3v) is 4.08. The average molecular weight is 420 g/mol. The molecule has 6 nitrogen and oxygen atoms in total. The fourth-order valence-corrected chi connectivity index (χ4v) is 2.93. The van der Waals surface area contributed by atoms with E-state index in [2.05, 4.69) is 5.32 Å². The van der Waals surface area contributed by atoms with Gasteiger partial charge in [-0.25, -0.2) is 9.59 Å². The van der Waals surface area contributed by atoms with Crippen molar-refractivity contribution in [2.45, 2.75) is 38.3 Å². The summed E-state index contributed by atoms with van der Waals surface area (Å²) in [7, 11) is 3.26. The van der Waals surface area contributed by atoms with Crippen LogP contribution in [0.15, 0.2) is 29.3 Å². The number of hydrogen-bond donors (Lipinski definition) is 2. The third-order valence-electron chi connectivity index (χ3n) is 3.04. The zero-order valence-corrected chi connectivity index (χ0v) is 17.0. The summed E-state index contributed by atoms with van der Waals surface area (Å²) >= 11 is 0.845. The molecule has 1 rings (SSSR count). The van der Waals surface area contributed by atoms with Crippen LogP contribution in [0.25, 0.3) is 0 Å². The number of nitrogens with one attached hydrogen (secondary N) is 1. The van der Waals surface area contributed by atoms with E-state index in [-0.39, 0.29) is 21.9 Å². The number of nitrogens with zero attached hydrogens (tertiary/aromatic N) is 1. The summed E-state index contributed by atoms with van der Waals surface area (Å²) in [4.78, 5) is 24.8. The molecule has 1 aromatic rings. The van der Waals surface area contributed by atoms with E-state index in [4.69, 9.17) is 4.74 Å². The van der Waals surface area contributed by atoms with Gasteiger partial charge in [0.2, 0.25) is 0 Å². The summed E-state index contributed by atoms with van der Waals surface area (Å²) in [6.45, 7) is 4.96. The van der Waals surface area contributed by atoms with E-state index < -0.39 is 29.4 Å². The molecule has 0 unspecified atom stereocenters. The molecule has 0 aliphatic carbocycles. The Morgan fingerprint density at radius 3 is 2.32 bits per heavy atom. The van der Waals surface area contributed by atoms with Crippen LogP contribution in [0.2, 0.25) is 0 Å². The first-order valence-corrected chi connectivity index (χ1v) is 9.12. The van der Waals surface area contributed by atoms with Gasteiger partial charge in [-0.2, -0.15) is 13.2 Å². The van der Waals surface area contributed by atoms with Crippen LogP contribution in [0.5, 0.6) is 0 Å². The summed E-state index contributed by atoms with van der Waals surface area (Å²) in [5.41, 5.74) is -1.44. The lowest BCUT2D eigenvalue weighted by atomic mass is 10.1. The third kappa shape index (κ3) is 8.12. The normalized spacial score (nSPS) is 12.5. The van der Waals surface area contributed by atoms with Crippen molar-refractivity contribution in [2.24, 2.45) is 0 Å². The molecule has 0 radical (unpaired) electrons. The number of alkyl halides is 3. The Hall–Kier alpha value is -2.36. The molecule has 1 aromatic carbocycles. The number of carboxylic acids is 1. The first kappa shape index (κ1) is 23.7. The number of benzene rings is 1. The van der Waals surface area contributed by atoms with Gasteiger partial charge in [-0.3, -0.25) is 5.32 Å². The van der Waals surface area contributed by atoms with Crippen molar-refractivity contribution in [1.82, 2.24) is 4.90 Å². The molecule has 0 aliphatic rings. The van der Waals surface area contributed by atoms with Crippen molar-refractivity contribution in [3.05, 3.63) is 40.4 Å². The summed E-state index contributed by atoms with van der Waals surface area (Å²) in [5, 5.41) is 11.7. The topological polar surface area (TPSA) is 78.9 Å². The molecule has 0 saturated carbocycles. The van der Waals surface area contributed by atoms with Crippen molar-refractivity contribution < 1.29 is 32.6 Å². The lowest BCUT2D eigenvalue weighted by Crippen LogP contribution is -2.27. The molecule has 0 atom stereocenters. The number of rotatable bonds is 6. The van der Waals surface area contributed by atoms with E-state index in [0.29, 0.717) is 0 Å². The second-order valence-corrected chi connectivity index (χ2v) is 8.06. The van der Waals surface area contributed by atoms with E-state index in [9.17, 15) is 27.9 Å². The Labute approximate surface area is 165 Å². The van der Waals surface area contributed by atoms with Gasteiger partial charge >= 0.3 is 18.2 Å². The van der Waals surface area contributed by atoms with Gasteiger partial charge in [0.25, 0.3) is 0 Å². The van der Waals surface area contributed by atoms with Gasteiger partial charge in [-0.05, 0) is 44.5 Å². The van der Waals surface area contributed by atoms with Crippen molar-refractivity contribution in [3.63, 3.8) is 0 Å². The quantitative estimate of drug-likeness (QED) is 0.646. The molecule has 0 saturated heterocycles. The minimum atomic E-state index is -4.57. The Kier molecular flexibility index (Phi) is 7.80. The number of carbonyl (C=O) groups excluding carboxylic acids is 1. The van der Waals surface area contributed by atoms with E-state index in [1.165, 1.54) is 11.1 Å². The Morgan fingerprint density at radius 2 is 1.86 bits per heavy atom. The van der Waals surface area contributed by atoms with Gasteiger partial charge in [0.1, 0.15) is 10.5 Å². The molecule has 0 spiro atoms. The molecule has 0 aliphatic heterocycles. The van der Waals surface area contributed by atoms with Gasteiger partial charge in [0.05, 0.1) is 5.56 Å². The summed E-state index contributed by atoms with van der Waals surface area (Å²) in [6.07, 6.45) is -4.04. The molecule has 0 fully saturated rings. The summed E-state index contributed by atoms with van der Waals surface area (Å²) in [6, 6.07) is 2.85. The smallest absolute Gasteiger partial charge is 0.416 e. The van der Waals surface area contributed by atoms with Crippen LogP contribution in [-0.2, 0) is 21.5 Å². The van der Waals surface area contributed by atoms with Crippen LogP contribution < -0.4 is 5.32 Å². The van der Waals surface area contributed by atoms with Crippen molar-refractivity contribution >= 4 is 29.5 Å². The molecule has 156 valence electrons. The Balaban J connectivity index is 3.17. The highest BCUT2D eigenvalue weighted by Gasteiger charge is 2.31. The highest BCUT2D eigenvalue weighted by molar-refractivity contribution is 8.03. The van der Waals surface area contributed by atoms with Gasteiger partial charge in [0.15, 0.2) is 0 Å². The maximum atomic E-state index is 13.1. The maximum Gasteiger partial charge on any atom is 0.416 e. The number of aliphatic carboxylic acids is 1. The van der Waals surface area contributed by atoms with Crippen LogP contribution in [-0.4, -0.2) is 41.8 Å². The number of amides is 1. The second kappa shape index (κ2) is 9.22. The van der Waals surface area contributed by atoms with E-state index in [1.807, 2.05) is 0 Å². The zero-order chi connectivity index (χ0) is 21.7. The molecule has 0 aromatic heterocycles. The number of hydrogen-bond acceptors (Lipinski definition) is 5. The van der Waals surface area contributed by atoms with Gasteiger partial charge in [0, 0.05) is 31.7 Å². The molecule has 10 heteroatoms. The minimum Gasteiger partial charge on any atom is -0.477 e. The predicted octanol–water partition coefficient (Wildman–Crippen LogP) is 4.77. The van der Waals surface area contributed by atoms with Crippen molar-refractivity contribution in [1.29, 1.82) is 0 Å². The number of thioether (sulfide) groups is 1. The van der Waals surface area contributed by atoms with Crippen LogP contribution in [0, 0.1) is 0 Å². The predicted molar refractivity (Wildman–Crippen MR) is 102 cm³/mol. The maximum absolute atomic E-state index is 13.1. The number of anilines is 1. The standard InChI is InChI=1S/C18H23F3N2O4S/c1-17(2,3)27-16(26)22-13-7-6-12(18(19,20)21)8-11(13)10-28-14(15(24)25)9-23(4)5/h6-9H,10H2,1-5H3,(H,22,26)(H,24,25). The largest absolute Gasteiger partial charge is 0.477 e. The summed E-state index contributed by atoms with van der Waals surface area (Å²) in [5.74, 6) is -1.30. The second-order valence-electron chi connectivity index (χ2n) is 7.05. The highest BCUT2D eigenvalue weighted by Crippen LogP contribution is 2.34. The number of ether oxygens (including phenoxy) is 1. The van der Waals surface area contributed by atoms with E-state index in [0.717, 1.165) is 30.0 Å². The Bertz CT molecular complexity index is 756. The average Bonchev–Trinajstić information content (AvgIpc) is 2.48. The fraction of sp³-hybridized carbons (Fsp3) is 0.444. The van der Waals surface area contributed by atoms with E-state index >= 15 is 0 Å². The zero-order valence-electron chi connectivity index (χ0n) is 16.2. The fourth-order valence-electron chi connectivity index (χ4n) is 1.97. The van der Waals surface area contributed by atoms with Gasteiger partial charge < -0.3 is 14.7 Å². The van der Waals surface area contributed by atoms with Crippen molar-refractivity contribution in [2.75, 3.05) is 19.4 Å². The molecular weight excluding hydrogens is 397 g/mol. The molecule has 1 amide bonds. The lowest BCUT2D eigenvalue weighted by Gasteiger charge is -2.21. The summed E-state index contributed by atoms with van der Waals surface area (Å²) < 4.78 is 44.3. The van der Waals surface area contributed by atoms with E-state index in [1.54, 1.807) is 34.9 Å². The van der Waals surface area contributed by atoms with Crippen LogP contribution >= 0.6 is 11.8 Å². The number of carboxylic acid groups (broad SMARTS) is 1. The minimum absolute atomic E-state index is 0.0503. The van der Waals surface area contributed by atoms with Crippen LogP contribution in [0.3, 0.4) is 0 Å². The molecule has 28 heavy (non-hydrogen) atoms. The first-order chi connectivity index (χ1) is 12.7. The lowest BCUT2D eigenvalue weighted by molar-refractivity contribution is -0.137. The number of carbonyl (C=O) groups is 2. The molecule has 2 N–H and O–H groups in total. The van der Waals surface area contributed by atoms with Crippen LogP contribution in [0.4, 0.5) is 23.7 Å². The molecule has 0 bridgehead atoms. The Morgan fingerprint density at radius 1 is 1.25 bits per heavy atom. The van der Waals surface area contributed by atoms with Gasteiger partial charge in [-0.15, -0.1) is 11.8 Å². The van der Waals surface area contributed by atoms with Crippen molar-refractivity contribution in [3.8, 4) is 0 Å². The first-order valence-electron chi connectivity index (χ1n) is 8.13. The molecular formula is C18H23F3N2O4S. The van der Waals surface area contributed by atoms with Crippen LogP contribution in [0.1, 0.15) is 31.9 Å².